The second kappa shape index (κ2) is 6.81. The van der Waals surface area contributed by atoms with Gasteiger partial charge in [0.25, 0.3) is 0 Å². The van der Waals surface area contributed by atoms with Gasteiger partial charge in [-0.3, -0.25) is 0 Å². The number of carbonyl (C=O) groups is 1. The maximum atomic E-state index is 12.2. The molecule has 118 valence electrons. The molecule has 2 aromatic rings. The minimum Gasteiger partial charge on any atom is -0.462 e. The van der Waals surface area contributed by atoms with Crippen LogP contribution in [0.25, 0.3) is 11.0 Å². The third-order valence-corrected chi connectivity index (χ3v) is 4.29. The predicted molar refractivity (Wildman–Crippen MR) is 87.2 cm³/mol. The Balaban J connectivity index is 1.94. The quantitative estimate of drug-likeness (QED) is 0.664. The fraction of sp³-hybridized carbons (Fsp3) is 0.529. The Morgan fingerprint density at radius 3 is 2.86 bits per heavy atom. The van der Waals surface area contributed by atoms with Crippen LogP contribution in [-0.4, -0.2) is 28.6 Å². The largest absolute Gasteiger partial charge is 0.462 e. The van der Waals surface area contributed by atoms with Crippen LogP contribution in [0.2, 0.25) is 0 Å². The van der Waals surface area contributed by atoms with Crippen molar-refractivity contribution in [1.29, 1.82) is 0 Å². The summed E-state index contributed by atoms with van der Waals surface area (Å²) >= 11 is 0. The molecule has 0 spiro atoms. The molecule has 3 rings (SSSR count). The predicted octanol–water partition coefficient (Wildman–Crippen LogP) is 3.87. The van der Waals surface area contributed by atoms with Crippen molar-refractivity contribution in [2.45, 2.75) is 51.5 Å². The van der Waals surface area contributed by atoms with E-state index in [0.29, 0.717) is 18.2 Å². The van der Waals surface area contributed by atoms with Crippen LogP contribution < -0.4 is 5.32 Å². The van der Waals surface area contributed by atoms with Gasteiger partial charge in [0.2, 0.25) is 0 Å². The van der Waals surface area contributed by atoms with E-state index >= 15 is 0 Å². The normalized spacial score (nSPS) is 16.4. The highest BCUT2D eigenvalue weighted by molar-refractivity contribution is 6.04. The van der Waals surface area contributed by atoms with Gasteiger partial charge in [0, 0.05) is 23.8 Å². The summed E-state index contributed by atoms with van der Waals surface area (Å²) in [6, 6.07) is 2.38. The molecule has 0 saturated heterocycles. The molecular formula is C17H23N3O2. The molecule has 2 heterocycles. The number of aromatic nitrogens is 2. The zero-order valence-electron chi connectivity index (χ0n) is 13.0. The molecule has 5 heteroatoms. The summed E-state index contributed by atoms with van der Waals surface area (Å²) in [7, 11) is 0. The topological polar surface area (TPSA) is 67.0 Å². The number of fused-ring (bicyclic) bond motifs is 1. The van der Waals surface area contributed by atoms with E-state index in [9.17, 15) is 4.79 Å². The lowest BCUT2D eigenvalue weighted by Gasteiger charge is -2.20. The molecule has 0 unspecified atom stereocenters. The van der Waals surface area contributed by atoms with Gasteiger partial charge in [0.15, 0.2) is 0 Å². The molecule has 2 aromatic heterocycles. The average molecular weight is 301 g/mol. The zero-order chi connectivity index (χ0) is 15.4. The molecule has 1 aliphatic rings. The number of aromatic amines is 1. The Morgan fingerprint density at radius 1 is 1.36 bits per heavy atom. The van der Waals surface area contributed by atoms with Gasteiger partial charge in [-0.25, -0.2) is 9.78 Å². The Bertz CT molecular complexity index is 642. The summed E-state index contributed by atoms with van der Waals surface area (Å²) in [5.74, 6) is -0.311. The molecule has 1 aliphatic carbocycles. The van der Waals surface area contributed by atoms with Crippen molar-refractivity contribution in [3.63, 3.8) is 0 Å². The number of pyridine rings is 1. The first kappa shape index (κ1) is 14.9. The van der Waals surface area contributed by atoms with E-state index in [-0.39, 0.29) is 5.97 Å². The van der Waals surface area contributed by atoms with E-state index in [1.54, 1.807) is 6.20 Å². The van der Waals surface area contributed by atoms with Gasteiger partial charge in [-0.15, -0.1) is 0 Å². The van der Waals surface area contributed by atoms with Crippen molar-refractivity contribution >= 4 is 22.7 Å². The second-order valence-electron chi connectivity index (χ2n) is 5.84. The number of nitrogens with one attached hydrogen (secondary N) is 2. The zero-order valence-corrected chi connectivity index (χ0v) is 13.0. The highest BCUT2D eigenvalue weighted by Crippen LogP contribution is 2.29. The van der Waals surface area contributed by atoms with Crippen molar-refractivity contribution < 1.29 is 9.53 Å². The van der Waals surface area contributed by atoms with E-state index in [1.807, 2.05) is 19.2 Å². The number of esters is 1. The Morgan fingerprint density at radius 2 is 2.14 bits per heavy atom. The first-order valence-corrected chi connectivity index (χ1v) is 8.19. The maximum Gasteiger partial charge on any atom is 0.341 e. The molecule has 22 heavy (non-hydrogen) atoms. The smallest absolute Gasteiger partial charge is 0.341 e. The van der Waals surface area contributed by atoms with E-state index in [0.717, 1.165) is 29.6 Å². The Kier molecular flexibility index (Phi) is 4.61. The van der Waals surface area contributed by atoms with Crippen molar-refractivity contribution in [1.82, 2.24) is 9.97 Å². The molecule has 5 nitrogen and oxygen atoms in total. The lowest BCUT2D eigenvalue weighted by molar-refractivity contribution is 0.0527. The van der Waals surface area contributed by atoms with Crippen molar-refractivity contribution in [3.05, 3.63) is 24.0 Å². The molecule has 1 fully saturated rings. The van der Waals surface area contributed by atoms with Crippen LogP contribution in [-0.2, 0) is 4.74 Å². The highest BCUT2D eigenvalue weighted by Gasteiger charge is 2.20. The second-order valence-corrected chi connectivity index (χ2v) is 5.84. The summed E-state index contributed by atoms with van der Waals surface area (Å²) in [6.07, 6.45) is 10.9. The first-order valence-electron chi connectivity index (χ1n) is 8.19. The summed E-state index contributed by atoms with van der Waals surface area (Å²) in [5, 5.41) is 4.55. The van der Waals surface area contributed by atoms with Crippen LogP contribution in [0.4, 0.5) is 5.69 Å². The van der Waals surface area contributed by atoms with Crippen molar-refractivity contribution in [3.8, 4) is 0 Å². The minimum absolute atomic E-state index is 0.311. The van der Waals surface area contributed by atoms with Gasteiger partial charge in [-0.2, -0.15) is 0 Å². The van der Waals surface area contributed by atoms with E-state index in [2.05, 4.69) is 15.3 Å². The van der Waals surface area contributed by atoms with Crippen LogP contribution in [0.1, 0.15) is 55.8 Å². The summed E-state index contributed by atoms with van der Waals surface area (Å²) < 4.78 is 5.18. The van der Waals surface area contributed by atoms with Crippen molar-refractivity contribution in [2.24, 2.45) is 0 Å². The minimum atomic E-state index is -0.311. The maximum absolute atomic E-state index is 12.2. The van der Waals surface area contributed by atoms with Crippen LogP contribution in [0.15, 0.2) is 18.5 Å². The van der Waals surface area contributed by atoms with Crippen LogP contribution >= 0.6 is 0 Å². The molecule has 2 N–H and O–H groups in total. The fourth-order valence-electron chi connectivity index (χ4n) is 3.15. The van der Waals surface area contributed by atoms with E-state index in [1.165, 1.54) is 25.7 Å². The summed E-state index contributed by atoms with van der Waals surface area (Å²) in [4.78, 5) is 19.7. The number of nitrogens with zero attached hydrogens (tertiary/aromatic N) is 1. The highest BCUT2D eigenvalue weighted by atomic mass is 16.5. The number of hydrogen-bond acceptors (Lipinski definition) is 4. The lowest BCUT2D eigenvalue weighted by Crippen LogP contribution is -2.21. The number of anilines is 1. The molecule has 0 atom stereocenters. The van der Waals surface area contributed by atoms with Crippen LogP contribution in [0.3, 0.4) is 0 Å². The van der Waals surface area contributed by atoms with E-state index < -0.39 is 0 Å². The Hall–Kier alpha value is -2.04. The summed E-state index contributed by atoms with van der Waals surface area (Å²) in [6.45, 7) is 2.19. The SMILES string of the molecule is CCOC(=O)c1cnc2[nH]ccc2c1NC1CCCCCC1. The monoisotopic (exact) mass is 301 g/mol. The van der Waals surface area contributed by atoms with Gasteiger partial charge in [-0.05, 0) is 25.8 Å². The molecule has 0 amide bonds. The van der Waals surface area contributed by atoms with Crippen molar-refractivity contribution in [2.75, 3.05) is 11.9 Å². The Labute approximate surface area is 130 Å². The molecule has 0 bridgehead atoms. The molecule has 0 aliphatic heterocycles. The lowest BCUT2D eigenvalue weighted by atomic mass is 10.1. The molecular weight excluding hydrogens is 278 g/mol. The van der Waals surface area contributed by atoms with Crippen LogP contribution in [0, 0.1) is 0 Å². The number of carbonyl (C=O) groups excluding carboxylic acids is 1. The number of ether oxygens (including phenoxy) is 1. The van der Waals surface area contributed by atoms with Gasteiger partial charge in [0.1, 0.15) is 11.2 Å². The molecule has 0 aromatic carbocycles. The van der Waals surface area contributed by atoms with Gasteiger partial charge >= 0.3 is 5.97 Å². The van der Waals surface area contributed by atoms with Gasteiger partial charge in [0.05, 0.1) is 12.3 Å². The van der Waals surface area contributed by atoms with E-state index in [4.69, 9.17) is 4.74 Å². The number of rotatable bonds is 4. The molecule has 0 radical (unpaired) electrons. The number of H-pyrrole nitrogens is 1. The molecule has 1 saturated carbocycles. The third kappa shape index (κ3) is 3.08. The third-order valence-electron chi connectivity index (χ3n) is 4.29. The average Bonchev–Trinajstić information content (AvgIpc) is 2.85. The van der Waals surface area contributed by atoms with Gasteiger partial charge < -0.3 is 15.0 Å². The first-order chi connectivity index (χ1) is 10.8. The van der Waals surface area contributed by atoms with Gasteiger partial charge in [-0.1, -0.05) is 25.7 Å². The summed E-state index contributed by atoms with van der Waals surface area (Å²) in [5.41, 5.74) is 2.18. The van der Waals surface area contributed by atoms with Crippen LogP contribution in [0.5, 0.6) is 0 Å². The standard InChI is InChI=1S/C17H23N3O2/c1-2-22-17(21)14-11-19-16-13(9-10-18-16)15(14)20-12-7-5-3-4-6-8-12/h9-12H,2-8H2,1H3,(H2,18,19,20). The fourth-order valence-corrected chi connectivity index (χ4v) is 3.15. The number of hydrogen-bond donors (Lipinski definition) is 2.